The highest BCUT2D eigenvalue weighted by Gasteiger charge is 2.23. The van der Waals surface area contributed by atoms with E-state index >= 15 is 0 Å². The van der Waals surface area contributed by atoms with Gasteiger partial charge >= 0.3 is 0 Å². The monoisotopic (exact) mass is 311 g/mol. The summed E-state index contributed by atoms with van der Waals surface area (Å²) < 4.78 is 7.79. The lowest BCUT2D eigenvalue weighted by molar-refractivity contribution is 0.266. The number of imidazole rings is 1. The molecule has 1 aliphatic carbocycles. The van der Waals surface area contributed by atoms with Crippen LogP contribution >= 0.6 is 0 Å². The van der Waals surface area contributed by atoms with Gasteiger partial charge in [-0.2, -0.15) is 5.10 Å². The molecule has 0 bridgehead atoms. The van der Waals surface area contributed by atoms with Crippen LogP contribution in [-0.2, 0) is 11.4 Å². The second-order valence-corrected chi connectivity index (χ2v) is 5.61. The standard InChI is InChI=1S/C16H17N5O2/c1-22-20-15-6-14(7-17-19-15)23-10-13-9-21-8-12(11-2-3-11)4-5-16(21)18-13/h4-9,11H,2-3,10H2,1H3,(H,19,20). The van der Waals surface area contributed by atoms with Crippen LogP contribution in [0.1, 0.15) is 30.0 Å². The lowest BCUT2D eigenvalue weighted by Gasteiger charge is -2.05. The fourth-order valence-corrected chi connectivity index (χ4v) is 2.53. The van der Waals surface area contributed by atoms with Crippen molar-refractivity contribution >= 4 is 11.5 Å². The molecule has 1 saturated carbocycles. The number of nitrogens with zero attached hydrogens (tertiary/aromatic N) is 4. The van der Waals surface area contributed by atoms with Gasteiger partial charge in [0.1, 0.15) is 18.0 Å². The van der Waals surface area contributed by atoms with Gasteiger partial charge in [-0.25, -0.2) is 10.5 Å². The van der Waals surface area contributed by atoms with Gasteiger partial charge in [0, 0.05) is 18.5 Å². The van der Waals surface area contributed by atoms with Crippen LogP contribution in [0.4, 0.5) is 5.82 Å². The van der Waals surface area contributed by atoms with Crippen LogP contribution in [0.2, 0.25) is 0 Å². The molecule has 23 heavy (non-hydrogen) atoms. The van der Waals surface area contributed by atoms with Gasteiger partial charge in [0.25, 0.3) is 0 Å². The molecular weight excluding hydrogens is 294 g/mol. The van der Waals surface area contributed by atoms with Crippen LogP contribution in [0.15, 0.2) is 36.8 Å². The zero-order valence-corrected chi connectivity index (χ0v) is 12.8. The van der Waals surface area contributed by atoms with Crippen molar-refractivity contribution in [1.82, 2.24) is 19.6 Å². The Balaban J connectivity index is 1.48. The number of fused-ring (bicyclic) bond motifs is 1. The van der Waals surface area contributed by atoms with Gasteiger partial charge in [-0.1, -0.05) is 6.07 Å². The second kappa shape index (κ2) is 5.85. The molecule has 1 fully saturated rings. The number of hydrogen-bond acceptors (Lipinski definition) is 6. The molecule has 0 spiro atoms. The highest BCUT2D eigenvalue weighted by atomic mass is 16.6. The van der Waals surface area contributed by atoms with Gasteiger partial charge in [0.15, 0.2) is 5.82 Å². The molecule has 3 aromatic rings. The summed E-state index contributed by atoms with van der Waals surface area (Å²) in [4.78, 5) is 9.37. The highest BCUT2D eigenvalue weighted by Crippen LogP contribution is 2.39. The molecule has 118 valence electrons. The molecule has 1 N–H and O–H groups in total. The van der Waals surface area contributed by atoms with Crippen molar-refractivity contribution in [2.45, 2.75) is 25.4 Å². The first-order chi connectivity index (χ1) is 11.3. The molecule has 0 saturated heterocycles. The van der Waals surface area contributed by atoms with Crippen LogP contribution < -0.4 is 10.2 Å². The fraction of sp³-hybridized carbons (Fsp3) is 0.312. The van der Waals surface area contributed by atoms with E-state index in [4.69, 9.17) is 9.57 Å². The minimum absolute atomic E-state index is 0.374. The first-order valence-corrected chi connectivity index (χ1v) is 7.54. The van der Waals surface area contributed by atoms with E-state index in [1.807, 2.05) is 6.20 Å². The molecule has 0 radical (unpaired) electrons. The predicted molar refractivity (Wildman–Crippen MR) is 84.2 cm³/mol. The lowest BCUT2D eigenvalue weighted by Crippen LogP contribution is -2.01. The summed E-state index contributed by atoms with van der Waals surface area (Å²) >= 11 is 0. The van der Waals surface area contributed by atoms with Crippen LogP contribution in [-0.4, -0.2) is 26.7 Å². The van der Waals surface area contributed by atoms with E-state index in [0.29, 0.717) is 18.2 Å². The fourth-order valence-electron chi connectivity index (χ4n) is 2.53. The number of aromatic nitrogens is 4. The Morgan fingerprint density at radius 3 is 3.04 bits per heavy atom. The summed E-state index contributed by atoms with van der Waals surface area (Å²) in [7, 11) is 1.52. The zero-order chi connectivity index (χ0) is 15.6. The first-order valence-electron chi connectivity index (χ1n) is 7.54. The van der Waals surface area contributed by atoms with Gasteiger partial charge in [0.05, 0.1) is 19.0 Å². The molecular formula is C16H17N5O2. The third-order valence-corrected chi connectivity index (χ3v) is 3.80. The molecule has 7 heteroatoms. The topological polar surface area (TPSA) is 73.6 Å². The Morgan fingerprint density at radius 1 is 1.30 bits per heavy atom. The van der Waals surface area contributed by atoms with E-state index in [0.717, 1.165) is 17.3 Å². The summed E-state index contributed by atoms with van der Waals surface area (Å²) in [5.74, 6) is 1.83. The molecule has 3 aromatic heterocycles. The van der Waals surface area contributed by atoms with Crippen molar-refractivity contribution in [1.29, 1.82) is 0 Å². The van der Waals surface area contributed by atoms with E-state index in [2.05, 4.69) is 43.4 Å². The maximum Gasteiger partial charge on any atom is 0.176 e. The van der Waals surface area contributed by atoms with Crippen molar-refractivity contribution < 1.29 is 9.57 Å². The zero-order valence-electron chi connectivity index (χ0n) is 12.8. The minimum Gasteiger partial charge on any atom is -0.485 e. The van der Waals surface area contributed by atoms with E-state index in [9.17, 15) is 0 Å². The van der Waals surface area contributed by atoms with Crippen molar-refractivity contribution in [2.24, 2.45) is 0 Å². The summed E-state index contributed by atoms with van der Waals surface area (Å²) in [6, 6.07) is 5.95. The van der Waals surface area contributed by atoms with Crippen LogP contribution in [0.5, 0.6) is 5.75 Å². The summed E-state index contributed by atoms with van der Waals surface area (Å²) in [5, 5.41) is 7.72. The van der Waals surface area contributed by atoms with E-state index in [1.54, 1.807) is 12.3 Å². The Bertz CT molecular complexity index is 828. The van der Waals surface area contributed by atoms with Gasteiger partial charge in [-0.05, 0) is 30.4 Å². The third kappa shape index (κ3) is 3.09. The molecule has 4 rings (SSSR count). The number of rotatable bonds is 6. The molecule has 3 heterocycles. The van der Waals surface area contributed by atoms with Crippen molar-refractivity contribution in [2.75, 3.05) is 12.6 Å². The summed E-state index contributed by atoms with van der Waals surface area (Å²) in [6.07, 6.45) is 8.32. The predicted octanol–water partition coefficient (Wildman–Crippen LogP) is 2.55. The number of ether oxygens (including phenoxy) is 1. The van der Waals surface area contributed by atoms with Crippen molar-refractivity contribution in [3.05, 3.63) is 48.0 Å². The Labute approximate surface area is 133 Å². The SMILES string of the molecule is CONc1cc(OCc2cn3cc(C4CC4)ccc3n2)cnn1. The normalized spacial score (nSPS) is 14.1. The third-order valence-electron chi connectivity index (χ3n) is 3.80. The molecule has 0 amide bonds. The quantitative estimate of drug-likeness (QED) is 0.705. The Hall–Kier alpha value is -2.67. The lowest BCUT2D eigenvalue weighted by atomic mass is 10.2. The number of nitrogens with one attached hydrogen (secondary N) is 1. The molecule has 0 aromatic carbocycles. The molecule has 0 unspecified atom stereocenters. The van der Waals surface area contributed by atoms with Crippen LogP contribution in [0.3, 0.4) is 0 Å². The van der Waals surface area contributed by atoms with Gasteiger partial charge < -0.3 is 9.14 Å². The Kier molecular flexibility index (Phi) is 3.55. The van der Waals surface area contributed by atoms with Crippen molar-refractivity contribution in [3.63, 3.8) is 0 Å². The van der Waals surface area contributed by atoms with E-state index in [-0.39, 0.29) is 0 Å². The molecule has 0 atom stereocenters. The van der Waals surface area contributed by atoms with Gasteiger partial charge in [-0.3, -0.25) is 4.84 Å². The van der Waals surface area contributed by atoms with Gasteiger partial charge in [0.2, 0.25) is 0 Å². The largest absolute Gasteiger partial charge is 0.485 e. The van der Waals surface area contributed by atoms with Crippen LogP contribution in [0, 0.1) is 0 Å². The number of pyridine rings is 1. The first kappa shape index (κ1) is 14.0. The van der Waals surface area contributed by atoms with E-state index in [1.165, 1.54) is 25.5 Å². The maximum atomic E-state index is 5.72. The minimum atomic E-state index is 0.374. The second-order valence-electron chi connectivity index (χ2n) is 5.61. The highest BCUT2D eigenvalue weighted by molar-refractivity contribution is 5.43. The maximum absolute atomic E-state index is 5.72. The molecule has 0 aliphatic heterocycles. The van der Waals surface area contributed by atoms with Gasteiger partial charge in [-0.15, -0.1) is 5.10 Å². The summed E-state index contributed by atoms with van der Waals surface area (Å²) in [6.45, 7) is 0.374. The average Bonchev–Trinajstić information content (AvgIpc) is 3.33. The smallest absolute Gasteiger partial charge is 0.176 e. The average molecular weight is 311 g/mol. The number of anilines is 1. The molecule has 1 aliphatic rings. The molecule has 7 nitrogen and oxygen atoms in total. The number of hydrogen-bond donors (Lipinski definition) is 1. The van der Waals surface area contributed by atoms with Crippen molar-refractivity contribution in [3.8, 4) is 5.75 Å². The summed E-state index contributed by atoms with van der Waals surface area (Å²) in [5.41, 5.74) is 5.81. The Morgan fingerprint density at radius 2 is 2.22 bits per heavy atom. The van der Waals surface area contributed by atoms with E-state index < -0.39 is 0 Å². The van der Waals surface area contributed by atoms with Crippen LogP contribution in [0.25, 0.3) is 5.65 Å².